The van der Waals surface area contributed by atoms with E-state index in [4.69, 9.17) is 4.42 Å². The molecule has 2 aromatic carbocycles. The number of nitrogens with zero attached hydrogens (tertiary/aromatic N) is 2. The van der Waals surface area contributed by atoms with Gasteiger partial charge in [-0.3, -0.25) is 19.2 Å². The summed E-state index contributed by atoms with van der Waals surface area (Å²) in [5, 5.41) is 13.7. The molecule has 3 aromatic rings. The monoisotopic (exact) mass is 489 g/mol. The Morgan fingerprint density at radius 1 is 1.06 bits per heavy atom. The molecule has 0 fully saturated rings. The number of nitro groups is 1. The molecule has 1 aromatic heterocycles. The van der Waals surface area contributed by atoms with Crippen LogP contribution in [-0.2, 0) is 20.6 Å². The van der Waals surface area contributed by atoms with E-state index in [0.717, 1.165) is 21.6 Å². The normalized spacial score (nSPS) is 11.2. The van der Waals surface area contributed by atoms with E-state index < -0.39 is 27.4 Å². The maximum absolute atomic E-state index is 13.2. The zero-order chi connectivity index (χ0) is 23.7. The molecule has 0 radical (unpaired) electrons. The first-order valence-electron chi connectivity index (χ1n) is 10.1. The largest absolute Gasteiger partial charge is 0.468 e. The number of nitro benzene ring substituents is 1. The number of hydrogen-bond acceptors (Lipinski definition) is 7. The van der Waals surface area contributed by atoms with E-state index in [1.807, 2.05) is 12.1 Å². The molecule has 0 spiro atoms. The van der Waals surface area contributed by atoms with Gasteiger partial charge in [0.15, 0.2) is 0 Å². The predicted octanol–water partition coefficient (Wildman–Crippen LogP) is 3.82. The second-order valence-corrected chi connectivity index (χ2v) is 9.90. The fourth-order valence-corrected chi connectivity index (χ4v) is 5.23. The Morgan fingerprint density at radius 2 is 1.79 bits per heavy atom. The molecule has 11 heteroatoms. The minimum atomic E-state index is -4.06. The molecule has 0 aliphatic rings. The third-order valence-corrected chi connectivity index (χ3v) is 7.43. The Morgan fingerprint density at radius 3 is 2.42 bits per heavy atom. The Hall–Kier alpha value is -3.31. The highest BCUT2D eigenvalue weighted by atomic mass is 32.2. The summed E-state index contributed by atoms with van der Waals surface area (Å²) in [6.45, 7) is -0.0575. The molecule has 0 unspecified atom stereocenters. The first-order valence-corrected chi connectivity index (χ1v) is 12.7. The van der Waals surface area contributed by atoms with Crippen LogP contribution in [0.4, 0.5) is 11.4 Å². The number of anilines is 1. The number of non-ortho nitro benzene ring substituents is 1. The van der Waals surface area contributed by atoms with Gasteiger partial charge in [0, 0.05) is 18.7 Å². The quantitative estimate of drug-likeness (QED) is 0.233. The standard InChI is InChI=1S/C22H23N3O6S2/c26-22(23-13-5-15-32-17-20-6-4-14-31-20)16-24(18-9-11-19(12-10-18)25(27)28)33(29,30)21-7-2-1-3-8-21/h1-4,6-12,14H,5,13,15-17H2,(H,23,26). The first-order chi connectivity index (χ1) is 15.9. The van der Waals surface area contributed by atoms with Crippen LogP contribution in [0.25, 0.3) is 0 Å². The number of furan rings is 1. The van der Waals surface area contributed by atoms with Gasteiger partial charge in [0.25, 0.3) is 15.7 Å². The number of hydrogen-bond donors (Lipinski definition) is 1. The minimum Gasteiger partial charge on any atom is -0.468 e. The number of nitrogens with one attached hydrogen (secondary N) is 1. The molecule has 0 aliphatic heterocycles. The predicted molar refractivity (Wildman–Crippen MR) is 127 cm³/mol. The first kappa shape index (κ1) is 24.3. The summed E-state index contributed by atoms with van der Waals surface area (Å²) in [5.74, 6) is 1.96. The van der Waals surface area contributed by atoms with Crippen LogP contribution in [0.3, 0.4) is 0 Å². The fraction of sp³-hybridized carbons (Fsp3) is 0.227. The van der Waals surface area contributed by atoms with Crippen molar-refractivity contribution in [2.75, 3.05) is 23.1 Å². The van der Waals surface area contributed by atoms with Crippen molar-refractivity contribution in [3.05, 3.63) is 88.9 Å². The summed E-state index contributed by atoms with van der Waals surface area (Å²) >= 11 is 1.67. The Balaban J connectivity index is 1.63. The molecule has 0 saturated heterocycles. The lowest BCUT2D eigenvalue weighted by molar-refractivity contribution is -0.384. The van der Waals surface area contributed by atoms with Gasteiger partial charge in [0.2, 0.25) is 5.91 Å². The third-order valence-electron chi connectivity index (χ3n) is 4.58. The van der Waals surface area contributed by atoms with Gasteiger partial charge in [0.05, 0.1) is 27.5 Å². The average Bonchev–Trinajstić information content (AvgIpc) is 3.34. The van der Waals surface area contributed by atoms with Gasteiger partial charge >= 0.3 is 0 Å². The second-order valence-electron chi connectivity index (χ2n) is 6.93. The van der Waals surface area contributed by atoms with Crippen LogP contribution in [0, 0.1) is 10.1 Å². The molecule has 1 amide bonds. The minimum absolute atomic E-state index is 0.0190. The summed E-state index contributed by atoms with van der Waals surface area (Å²) in [6.07, 6.45) is 2.33. The van der Waals surface area contributed by atoms with Crippen molar-refractivity contribution in [3.63, 3.8) is 0 Å². The highest BCUT2D eigenvalue weighted by Gasteiger charge is 2.27. The molecular weight excluding hydrogens is 466 g/mol. The van der Waals surface area contributed by atoms with Gasteiger partial charge in [-0.15, -0.1) is 0 Å². The van der Waals surface area contributed by atoms with Crippen LogP contribution in [0.15, 0.2) is 82.3 Å². The van der Waals surface area contributed by atoms with Crippen LogP contribution >= 0.6 is 11.8 Å². The smallest absolute Gasteiger partial charge is 0.269 e. The number of carbonyl (C=O) groups is 1. The zero-order valence-electron chi connectivity index (χ0n) is 17.6. The number of thioether (sulfide) groups is 1. The van der Waals surface area contributed by atoms with Crippen molar-refractivity contribution < 1.29 is 22.6 Å². The Labute approximate surface area is 196 Å². The SMILES string of the molecule is O=C(CN(c1ccc([N+](=O)[O-])cc1)S(=O)(=O)c1ccccc1)NCCCSCc1ccco1. The molecule has 3 rings (SSSR count). The van der Waals surface area contributed by atoms with Gasteiger partial charge in [-0.2, -0.15) is 11.8 Å². The molecule has 0 atom stereocenters. The lowest BCUT2D eigenvalue weighted by Crippen LogP contribution is -2.41. The summed E-state index contributed by atoms with van der Waals surface area (Å²) < 4.78 is 32.6. The number of carbonyl (C=O) groups excluding carboxylic acids is 1. The van der Waals surface area contributed by atoms with Gasteiger partial charge in [-0.1, -0.05) is 18.2 Å². The van der Waals surface area contributed by atoms with Crippen molar-refractivity contribution in [1.82, 2.24) is 5.32 Å². The third kappa shape index (κ3) is 6.83. The molecule has 1 heterocycles. The molecule has 0 bridgehead atoms. The van der Waals surface area contributed by atoms with Gasteiger partial charge in [-0.05, 0) is 48.6 Å². The van der Waals surface area contributed by atoms with E-state index in [1.54, 1.807) is 36.2 Å². The van der Waals surface area contributed by atoms with E-state index in [9.17, 15) is 23.3 Å². The van der Waals surface area contributed by atoms with E-state index >= 15 is 0 Å². The van der Waals surface area contributed by atoms with Crippen molar-refractivity contribution in [2.24, 2.45) is 0 Å². The molecule has 0 aliphatic carbocycles. The lowest BCUT2D eigenvalue weighted by Gasteiger charge is -2.24. The number of rotatable bonds is 12. The van der Waals surface area contributed by atoms with Gasteiger partial charge < -0.3 is 9.73 Å². The Bertz CT molecular complexity index is 1150. The number of sulfonamides is 1. The molecule has 1 N–H and O–H groups in total. The zero-order valence-corrected chi connectivity index (χ0v) is 19.3. The van der Waals surface area contributed by atoms with E-state index in [-0.39, 0.29) is 16.3 Å². The van der Waals surface area contributed by atoms with Gasteiger partial charge in [-0.25, -0.2) is 8.42 Å². The summed E-state index contributed by atoms with van der Waals surface area (Å²) in [4.78, 5) is 22.9. The fourth-order valence-electron chi connectivity index (χ4n) is 2.93. The van der Waals surface area contributed by atoms with E-state index in [1.165, 1.54) is 36.4 Å². The molecular formula is C22H23N3O6S2. The lowest BCUT2D eigenvalue weighted by atomic mass is 10.3. The molecule has 33 heavy (non-hydrogen) atoms. The highest BCUT2D eigenvalue weighted by Crippen LogP contribution is 2.25. The second kappa shape index (κ2) is 11.5. The summed E-state index contributed by atoms with van der Waals surface area (Å²) in [6, 6.07) is 16.5. The number of amides is 1. The molecule has 9 nitrogen and oxygen atoms in total. The maximum Gasteiger partial charge on any atom is 0.269 e. The molecule has 174 valence electrons. The van der Waals surface area contributed by atoms with Crippen LogP contribution < -0.4 is 9.62 Å². The summed E-state index contributed by atoms with van der Waals surface area (Å²) in [5.41, 5.74) is -0.0130. The average molecular weight is 490 g/mol. The van der Waals surface area contributed by atoms with Crippen LogP contribution in [-0.4, -0.2) is 38.1 Å². The maximum atomic E-state index is 13.2. The van der Waals surface area contributed by atoms with E-state index in [0.29, 0.717) is 13.0 Å². The van der Waals surface area contributed by atoms with Crippen LogP contribution in [0.5, 0.6) is 0 Å². The summed E-state index contributed by atoms with van der Waals surface area (Å²) in [7, 11) is -4.06. The highest BCUT2D eigenvalue weighted by molar-refractivity contribution is 7.98. The van der Waals surface area contributed by atoms with Crippen molar-refractivity contribution in [3.8, 4) is 0 Å². The van der Waals surface area contributed by atoms with Crippen LogP contribution in [0.2, 0.25) is 0 Å². The van der Waals surface area contributed by atoms with Crippen LogP contribution in [0.1, 0.15) is 12.2 Å². The van der Waals surface area contributed by atoms with Crippen molar-refractivity contribution in [1.29, 1.82) is 0 Å². The van der Waals surface area contributed by atoms with E-state index in [2.05, 4.69) is 5.32 Å². The molecule has 0 saturated carbocycles. The van der Waals surface area contributed by atoms with Crippen molar-refractivity contribution in [2.45, 2.75) is 17.1 Å². The number of benzene rings is 2. The topological polar surface area (TPSA) is 123 Å². The van der Waals surface area contributed by atoms with Crippen molar-refractivity contribution >= 4 is 39.1 Å². The Kier molecular flexibility index (Phi) is 8.50. The van der Waals surface area contributed by atoms with Gasteiger partial charge in [0.1, 0.15) is 12.3 Å².